The number of benzene rings is 3. The number of furan rings is 1. The SMILES string of the molecule is O=C(Cc1ccccc1)N(Cc1ccco1)Cc1cnc(S(=O)(=O)Cc2ccccc2)n1Cc1ccccc1. The van der Waals surface area contributed by atoms with E-state index in [1.807, 2.05) is 84.9 Å². The normalized spacial score (nSPS) is 11.4. The maximum atomic E-state index is 13.6. The summed E-state index contributed by atoms with van der Waals surface area (Å²) in [5.74, 6) is 0.378. The lowest BCUT2D eigenvalue weighted by atomic mass is 10.1. The van der Waals surface area contributed by atoms with Crippen LogP contribution in [0.4, 0.5) is 0 Å². The summed E-state index contributed by atoms with van der Waals surface area (Å²) in [4.78, 5) is 19.6. The highest BCUT2D eigenvalue weighted by Crippen LogP contribution is 2.22. The van der Waals surface area contributed by atoms with Gasteiger partial charge in [-0.15, -0.1) is 0 Å². The Balaban J connectivity index is 1.49. The molecule has 0 unspecified atom stereocenters. The van der Waals surface area contributed by atoms with Gasteiger partial charge in [0, 0.05) is 0 Å². The zero-order chi connectivity index (χ0) is 27.1. The number of carbonyl (C=O) groups excluding carboxylic acids is 1. The monoisotopic (exact) mass is 539 g/mol. The van der Waals surface area contributed by atoms with Crippen molar-refractivity contribution in [1.29, 1.82) is 0 Å². The van der Waals surface area contributed by atoms with Crippen LogP contribution in [0, 0.1) is 0 Å². The maximum absolute atomic E-state index is 13.6. The van der Waals surface area contributed by atoms with Gasteiger partial charge in [-0.3, -0.25) is 4.79 Å². The van der Waals surface area contributed by atoms with Gasteiger partial charge in [0.25, 0.3) is 0 Å². The Morgan fingerprint density at radius 1 is 0.769 bits per heavy atom. The first-order valence-corrected chi connectivity index (χ1v) is 14.3. The number of hydrogen-bond donors (Lipinski definition) is 0. The molecule has 0 atom stereocenters. The summed E-state index contributed by atoms with van der Waals surface area (Å²) in [5.41, 5.74) is 3.14. The van der Waals surface area contributed by atoms with Gasteiger partial charge in [-0.05, 0) is 28.8 Å². The van der Waals surface area contributed by atoms with Gasteiger partial charge in [0.1, 0.15) is 5.76 Å². The van der Waals surface area contributed by atoms with Gasteiger partial charge >= 0.3 is 0 Å². The highest BCUT2D eigenvalue weighted by atomic mass is 32.2. The van der Waals surface area contributed by atoms with Crippen LogP contribution in [-0.2, 0) is 46.4 Å². The van der Waals surface area contributed by atoms with Crippen molar-refractivity contribution in [2.24, 2.45) is 0 Å². The molecule has 0 saturated carbocycles. The molecule has 3 aromatic carbocycles. The smallest absolute Gasteiger partial charge is 0.228 e. The molecule has 0 bridgehead atoms. The lowest BCUT2D eigenvalue weighted by Gasteiger charge is -2.23. The molecule has 2 heterocycles. The zero-order valence-electron chi connectivity index (χ0n) is 21.4. The second-order valence-corrected chi connectivity index (χ2v) is 11.2. The average Bonchev–Trinajstić information content (AvgIpc) is 3.60. The molecule has 0 saturated heterocycles. The van der Waals surface area contributed by atoms with Gasteiger partial charge < -0.3 is 13.9 Å². The van der Waals surface area contributed by atoms with Crippen molar-refractivity contribution in [3.05, 3.63) is 144 Å². The summed E-state index contributed by atoms with van der Waals surface area (Å²) < 4.78 is 34.4. The molecule has 0 radical (unpaired) electrons. The number of rotatable bonds is 11. The average molecular weight is 540 g/mol. The molecular weight excluding hydrogens is 510 g/mol. The summed E-state index contributed by atoms with van der Waals surface area (Å²) in [6.07, 6.45) is 3.35. The molecule has 7 nitrogen and oxygen atoms in total. The minimum atomic E-state index is -3.77. The van der Waals surface area contributed by atoms with Crippen molar-refractivity contribution < 1.29 is 17.6 Å². The van der Waals surface area contributed by atoms with Crippen LogP contribution in [0.5, 0.6) is 0 Å². The summed E-state index contributed by atoms with van der Waals surface area (Å²) in [7, 11) is -3.77. The molecule has 2 aromatic heterocycles. The predicted octanol–water partition coefficient (Wildman–Crippen LogP) is 5.27. The molecule has 1 amide bonds. The third kappa shape index (κ3) is 6.72. The van der Waals surface area contributed by atoms with Gasteiger partial charge in [0.2, 0.25) is 20.9 Å². The molecule has 0 fully saturated rings. The number of hydrogen-bond acceptors (Lipinski definition) is 5. The van der Waals surface area contributed by atoms with Crippen LogP contribution in [0.15, 0.2) is 125 Å². The van der Waals surface area contributed by atoms with Crippen molar-refractivity contribution in [3.8, 4) is 0 Å². The van der Waals surface area contributed by atoms with Crippen molar-refractivity contribution in [2.45, 2.75) is 37.0 Å². The van der Waals surface area contributed by atoms with Crippen LogP contribution < -0.4 is 0 Å². The molecule has 5 aromatic rings. The number of imidazole rings is 1. The second-order valence-electron chi connectivity index (χ2n) is 9.34. The zero-order valence-corrected chi connectivity index (χ0v) is 22.2. The van der Waals surface area contributed by atoms with Gasteiger partial charge in [0.15, 0.2) is 0 Å². The van der Waals surface area contributed by atoms with E-state index in [1.54, 1.807) is 40.1 Å². The van der Waals surface area contributed by atoms with Crippen LogP contribution >= 0.6 is 0 Å². The first-order valence-electron chi connectivity index (χ1n) is 12.7. The lowest BCUT2D eigenvalue weighted by Crippen LogP contribution is -2.32. The van der Waals surface area contributed by atoms with E-state index >= 15 is 0 Å². The topological polar surface area (TPSA) is 85.4 Å². The molecule has 0 aliphatic heterocycles. The number of carbonyl (C=O) groups is 1. The van der Waals surface area contributed by atoms with E-state index in [0.29, 0.717) is 23.6 Å². The summed E-state index contributed by atoms with van der Waals surface area (Å²) in [5, 5.41) is -0.0151. The molecule has 0 N–H and O–H groups in total. The van der Waals surface area contributed by atoms with Crippen molar-refractivity contribution in [2.75, 3.05) is 0 Å². The van der Waals surface area contributed by atoms with Crippen LogP contribution in [0.2, 0.25) is 0 Å². The van der Waals surface area contributed by atoms with E-state index in [2.05, 4.69) is 4.98 Å². The van der Waals surface area contributed by atoms with E-state index in [9.17, 15) is 13.2 Å². The molecule has 0 spiro atoms. The number of sulfone groups is 1. The number of amides is 1. The first-order chi connectivity index (χ1) is 19.0. The Morgan fingerprint density at radius 3 is 2.00 bits per heavy atom. The molecule has 8 heteroatoms. The van der Waals surface area contributed by atoms with E-state index in [0.717, 1.165) is 11.1 Å². The Morgan fingerprint density at radius 2 is 1.38 bits per heavy atom. The highest BCUT2D eigenvalue weighted by Gasteiger charge is 2.26. The summed E-state index contributed by atoms with van der Waals surface area (Å²) in [6.45, 7) is 0.731. The third-order valence-electron chi connectivity index (χ3n) is 6.39. The molecule has 0 aliphatic carbocycles. The van der Waals surface area contributed by atoms with Gasteiger partial charge in [0.05, 0.1) is 50.0 Å². The Labute approximate surface area is 228 Å². The van der Waals surface area contributed by atoms with E-state index in [1.165, 1.54) is 0 Å². The minimum Gasteiger partial charge on any atom is -0.467 e. The number of aromatic nitrogens is 2. The third-order valence-corrected chi connectivity index (χ3v) is 7.99. The quantitative estimate of drug-likeness (QED) is 0.228. The Kier molecular flexibility index (Phi) is 8.03. The van der Waals surface area contributed by atoms with Crippen LogP contribution in [0.25, 0.3) is 0 Å². The van der Waals surface area contributed by atoms with Crippen molar-refractivity contribution in [3.63, 3.8) is 0 Å². The summed E-state index contributed by atoms with van der Waals surface area (Å²) in [6, 6.07) is 31.8. The van der Waals surface area contributed by atoms with E-state index < -0.39 is 9.84 Å². The molecule has 198 valence electrons. The molecule has 0 aliphatic rings. The fourth-order valence-corrected chi connectivity index (χ4v) is 5.95. The van der Waals surface area contributed by atoms with Gasteiger partial charge in [-0.2, -0.15) is 0 Å². The molecule has 39 heavy (non-hydrogen) atoms. The van der Waals surface area contributed by atoms with Gasteiger partial charge in [-0.1, -0.05) is 91.0 Å². The fraction of sp³-hybridized carbons (Fsp3) is 0.161. The maximum Gasteiger partial charge on any atom is 0.228 e. The van der Waals surface area contributed by atoms with E-state index in [4.69, 9.17) is 4.42 Å². The molecule has 5 rings (SSSR count). The lowest BCUT2D eigenvalue weighted by molar-refractivity contribution is -0.132. The minimum absolute atomic E-state index is 0.0151. The fourth-order valence-electron chi connectivity index (χ4n) is 4.46. The highest BCUT2D eigenvalue weighted by molar-refractivity contribution is 7.90. The van der Waals surface area contributed by atoms with Gasteiger partial charge in [-0.25, -0.2) is 13.4 Å². The second kappa shape index (κ2) is 12.0. The predicted molar refractivity (Wildman–Crippen MR) is 148 cm³/mol. The molecular formula is C31H29N3O4S. The Hall–Kier alpha value is -4.43. The van der Waals surface area contributed by atoms with E-state index in [-0.39, 0.29) is 36.3 Å². The largest absolute Gasteiger partial charge is 0.467 e. The summed E-state index contributed by atoms with van der Waals surface area (Å²) >= 11 is 0. The number of nitrogens with zero attached hydrogens (tertiary/aromatic N) is 3. The first kappa shape index (κ1) is 26.2. The van der Waals surface area contributed by atoms with Crippen LogP contribution in [0.1, 0.15) is 28.1 Å². The Bertz CT molecular complexity index is 1600. The van der Waals surface area contributed by atoms with Crippen LogP contribution in [0.3, 0.4) is 0 Å². The standard InChI is InChI=1S/C31H29N3O4S/c35-30(19-25-11-4-1-5-12-25)33(23-29-17-10-18-38-29)22-28-20-32-31(34(28)21-26-13-6-2-7-14-26)39(36,37)24-27-15-8-3-9-16-27/h1-18,20H,19,21-24H2. The van der Waals surface area contributed by atoms with Crippen molar-refractivity contribution in [1.82, 2.24) is 14.5 Å². The van der Waals surface area contributed by atoms with Crippen LogP contribution in [-0.4, -0.2) is 28.8 Å². The van der Waals surface area contributed by atoms with Crippen molar-refractivity contribution >= 4 is 15.7 Å².